The van der Waals surface area contributed by atoms with E-state index in [1.165, 1.54) is 0 Å². The number of nitrogens with one attached hydrogen (secondary N) is 2. The molecular formula is C17H22ClN3O3. The van der Waals surface area contributed by atoms with Gasteiger partial charge in [0.05, 0.1) is 10.9 Å². The fourth-order valence-electron chi connectivity index (χ4n) is 3.48. The van der Waals surface area contributed by atoms with E-state index in [1.54, 1.807) is 0 Å². The maximum Gasteiger partial charge on any atom is 0.262 e. The van der Waals surface area contributed by atoms with Crippen LogP contribution in [-0.4, -0.2) is 36.3 Å². The molecule has 7 heteroatoms. The molecule has 1 aromatic carbocycles. The first kappa shape index (κ1) is 17.0. The molecule has 1 saturated heterocycles. The zero-order chi connectivity index (χ0) is 16.0. The third-order valence-corrected chi connectivity index (χ3v) is 4.77. The number of fused-ring (bicyclic) bond motifs is 2. The van der Waals surface area contributed by atoms with Gasteiger partial charge in [-0.15, -0.1) is 12.4 Å². The number of halogens is 1. The Hall–Kier alpha value is -1.79. The van der Waals surface area contributed by atoms with Crippen LogP contribution < -0.4 is 15.4 Å². The van der Waals surface area contributed by atoms with Crippen LogP contribution in [0.15, 0.2) is 28.8 Å². The molecule has 0 bridgehead atoms. The first-order valence-corrected chi connectivity index (χ1v) is 8.05. The molecule has 2 aliphatic rings. The molecule has 2 aromatic rings. The van der Waals surface area contributed by atoms with Gasteiger partial charge < -0.3 is 19.9 Å². The summed E-state index contributed by atoms with van der Waals surface area (Å²) in [6, 6.07) is 7.56. The summed E-state index contributed by atoms with van der Waals surface area (Å²) in [7, 11) is 0. The number of carbonyl (C=O) groups excluding carboxylic acids is 1. The molecule has 2 fully saturated rings. The molecular weight excluding hydrogens is 330 g/mol. The molecule has 6 nitrogen and oxygen atoms in total. The molecule has 1 amide bonds. The van der Waals surface area contributed by atoms with Gasteiger partial charge in [0.2, 0.25) is 5.91 Å². The Balaban J connectivity index is 0.00000169. The van der Waals surface area contributed by atoms with Crippen LogP contribution in [0.1, 0.15) is 13.8 Å². The van der Waals surface area contributed by atoms with Gasteiger partial charge in [0, 0.05) is 5.92 Å². The molecule has 3 atom stereocenters. The van der Waals surface area contributed by atoms with Crippen molar-refractivity contribution >= 4 is 29.3 Å². The molecule has 130 valence electrons. The summed E-state index contributed by atoms with van der Waals surface area (Å²) < 4.78 is 11.0. The lowest BCUT2D eigenvalue weighted by molar-refractivity contribution is -0.125. The van der Waals surface area contributed by atoms with E-state index in [0.29, 0.717) is 29.9 Å². The first-order valence-electron chi connectivity index (χ1n) is 8.05. The minimum atomic E-state index is -0.457. The molecule has 1 aromatic heterocycles. The van der Waals surface area contributed by atoms with Crippen LogP contribution in [0.2, 0.25) is 0 Å². The van der Waals surface area contributed by atoms with E-state index in [0.717, 1.165) is 18.5 Å². The van der Waals surface area contributed by atoms with Gasteiger partial charge in [-0.1, -0.05) is 12.1 Å². The van der Waals surface area contributed by atoms with E-state index in [2.05, 4.69) is 15.8 Å². The van der Waals surface area contributed by atoms with Gasteiger partial charge in [0.25, 0.3) is 5.88 Å². The number of nitrogens with zero attached hydrogens (tertiary/aromatic N) is 1. The van der Waals surface area contributed by atoms with Crippen LogP contribution in [0.25, 0.3) is 11.0 Å². The number of hydrogen-bond acceptors (Lipinski definition) is 5. The Kier molecular flexibility index (Phi) is 4.44. The highest BCUT2D eigenvalue weighted by Gasteiger charge is 2.57. The lowest BCUT2D eigenvalue weighted by Gasteiger charge is -2.26. The van der Waals surface area contributed by atoms with E-state index in [1.807, 2.05) is 38.1 Å². The zero-order valence-corrected chi connectivity index (χ0v) is 14.6. The van der Waals surface area contributed by atoms with Gasteiger partial charge >= 0.3 is 0 Å². The lowest BCUT2D eigenvalue weighted by atomic mass is 10.1. The van der Waals surface area contributed by atoms with Crippen LogP contribution >= 0.6 is 12.4 Å². The van der Waals surface area contributed by atoms with Crippen LogP contribution in [-0.2, 0) is 4.79 Å². The van der Waals surface area contributed by atoms with Crippen molar-refractivity contribution in [3.05, 3.63) is 24.3 Å². The third kappa shape index (κ3) is 3.08. The summed E-state index contributed by atoms with van der Waals surface area (Å²) in [5, 5.41) is 11.2. The molecule has 2 N–H and O–H groups in total. The summed E-state index contributed by atoms with van der Waals surface area (Å²) in [5.41, 5.74) is 0.240. The van der Waals surface area contributed by atoms with E-state index >= 15 is 0 Å². The minimum absolute atomic E-state index is 0. The quantitative estimate of drug-likeness (QED) is 0.861. The van der Waals surface area contributed by atoms with E-state index in [4.69, 9.17) is 9.26 Å². The number of aromatic nitrogens is 1. The Morgan fingerprint density at radius 1 is 1.38 bits per heavy atom. The van der Waals surface area contributed by atoms with Crippen molar-refractivity contribution in [1.29, 1.82) is 0 Å². The van der Waals surface area contributed by atoms with Crippen molar-refractivity contribution in [1.82, 2.24) is 15.8 Å². The van der Waals surface area contributed by atoms with Gasteiger partial charge in [0.1, 0.15) is 6.61 Å². The minimum Gasteiger partial charge on any atom is -0.473 e. The topological polar surface area (TPSA) is 76.4 Å². The van der Waals surface area contributed by atoms with Gasteiger partial charge in [0.15, 0.2) is 5.58 Å². The van der Waals surface area contributed by atoms with E-state index in [9.17, 15) is 4.79 Å². The average Bonchev–Trinajstić information content (AvgIpc) is 2.88. The monoisotopic (exact) mass is 351 g/mol. The van der Waals surface area contributed by atoms with Crippen LogP contribution in [0, 0.1) is 17.8 Å². The molecule has 2 heterocycles. The number of piperidine rings is 1. The maximum absolute atomic E-state index is 12.4. The standard InChI is InChI=1S/C17H21N3O3.ClH/c1-17(2,19-15(21)14-11-7-18-8-12(11)14)9-22-16-10-5-3-4-6-13(10)23-20-16;/h3-6,11-12,14,18H,7-9H2,1-2H3,(H,19,21);1H/t11-,12+,14?;. The second-order valence-corrected chi connectivity index (χ2v) is 7.16. The smallest absolute Gasteiger partial charge is 0.262 e. The lowest BCUT2D eigenvalue weighted by Crippen LogP contribution is -2.49. The number of para-hydroxylation sites is 1. The zero-order valence-electron chi connectivity index (χ0n) is 13.7. The number of carbonyl (C=O) groups is 1. The van der Waals surface area contributed by atoms with Gasteiger partial charge in [-0.3, -0.25) is 4.79 Å². The molecule has 0 radical (unpaired) electrons. The number of benzene rings is 1. The molecule has 1 unspecified atom stereocenters. The SMILES string of the molecule is CC(C)(COc1noc2ccccc12)NC(=O)C1[C@H]2CNC[C@@H]12.Cl. The third-order valence-electron chi connectivity index (χ3n) is 4.77. The summed E-state index contributed by atoms with van der Waals surface area (Å²) in [4.78, 5) is 12.4. The summed E-state index contributed by atoms with van der Waals surface area (Å²) >= 11 is 0. The number of amides is 1. The Bertz CT molecular complexity index is 736. The summed E-state index contributed by atoms with van der Waals surface area (Å²) in [5.74, 6) is 1.82. The highest BCUT2D eigenvalue weighted by molar-refractivity contribution is 5.85. The second kappa shape index (κ2) is 6.26. The molecule has 24 heavy (non-hydrogen) atoms. The van der Waals surface area contributed by atoms with Crippen molar-refractivity contribution in [2.45, 2.75) is 19.4 Å². The van der Waals surface area contributed by atoms with Gasteiger partial charge in [-0.25, -0.2) is 0 Å². The normalized spacial score (nSPS) is 25.0. The van der Waals surface area contributed by atoms with Crippen LogP contribution in [0.5, 0.6) is 5.88 Å². The molecule has 1 aliphatic heterocycles. The first-order chi connectivity index (χ1) is 11.1. The van der Waals surface area contributed by atoms with Crippen LogP contribution in [0.3, 0.4) is 0 Å². The average molecular weight is 352 g/mol. The van der Waals surface area contributed by atoms with Gasteiger partial charge in [-0.2, -0.15) is 0 Å². The molecule has 0 spiro atoms. The number of hydrogen-bond donors (Lipinski definition) is 2. The molecule has 1 aliphatic carbocycles. The molecule has 1 saturated carbocycles. The maximum atomic E-state index is 12.4. The van der Waals surface area contributed by atoms with Crippen molar-refractivity contribution in [3.8, 4) is 5.88 Å². The highest BCUT2D eigenvalue weighted by Crippen LogP contribution is 2.48. The Morgan fingerprint density at radius 3 is 2.83 bits per heavy atom. The molecule has 4 rings (SSSR count). The van der Waals surface area contributed by atoms with Crippen molar-refractivity contribution in [2.75, 3.05) is 19.7 Å². The van der Waals surface area contributed by atoms with Gasteiger partial charge in [-0.05, 0) is 56.1 Å². The Labute approximate surface area is 146 Å². The largest absolute Gasteiger partial charge is 0.473 e. The fraction of sp³-hybridized carbons (Fsp3) is 0.529. The van der Waals surface area contributed by atoms with E-state index in [-0.39, 0.29) is 24.2 Å². The number of ether oxygens (including phenoxy) is 1. The summed E-state index contributed by atoms with van der Waals surface area (Å²) in [6.45, 7) is 6.19. The van der Waals surface area contributed by atoms with Crippen molar-refractivity contribution in [2.24, 2.45) is 17.8 Å². The fourth-order valence-corrected chi connectivity index (χ4v) is 3.48. The second-order valence-electron chi connectivity index (χ2n) is 7.16. The van der Waals surface area contributed by atoms with Crippen molar-refractivity contribution in [3.63, 3.8) is 0 Å². The van der Waals surface area contributed by atoms with Crippen molar-refractivity contribution < 1.29 is 14.1 Å². The van der Waals surface area contributed by atoms with Crippen LogP contribution in [0.4, 0.5) is 0 Å². The number of rotatable bonds is 5. The Morgan fingerprint density at radius 2 is 2.08 bits per heavy atom. The van der Waals surface area contributed by atoms with E-state index < -0.39 is 5.54 Å². The summed E-state index contributed by atoms with van der Waals surface area (Å²) in [6.07, 6.45) is 0. The predicted octanol–water partition coefficient (Wildman–Crippen LogP) is 1.99. The predicted molar refractivity (Wildman–Crippen MR) is 92.3 cm³/mol. The highest BCUT2D eigenvalue weighted by atomic mass is 35.5.